The largest absolute Gasteiger partial charge is 0.494 e. The third kappa shape index (κ3) is 4.40. The maximum Gasteiger partial charge on any atom is 0.264 e. The number of nitrogens with zero attached hydrogens (tertiary/aromatic N) is 3. The van der Waals surface area contributed by atoms with E-state index in [1.54, 1.807) is 36.5 Å². The third-order valence-corrected chi connectivity index (χ3v) is 5.66. The molecule has 2 heterocycles. The van der Waals surface area contributed by atoms with Crippen molar-refractivity contribution in [2.24, 2.45) is 0 Å². The van der Waals surface area contributed by atoms with Crippen LogP contribution in [0.4, 0.5) is 4.39 Å². The molecule has 31 heavy (non-hydrogen) atoms. The van der Waals surface area contributed by atoms with Crippen molar-refractivity contribution in [1.82, 2.24) is 14.5 Å². The summed E-state index contributed by atoms with van der Waals surface area (Å²) in [5.41, 5.74) is 2.65. The van der Waals surface area contributed by atoms with Crippen LogP contribution in [0, 0.1) is 12.7 Å². The Kier molecular flexibility index (Phi) is 5.93. The first kappa shape index (κ1) is 20.9. The zero-order chi connectivity index (χ0) is 22.0. The first-order valence-electron chi connectivity index (χ1n) is 10.4. The molecule has 0 aliphatic carbocycles. The molecule has 0 N–H and O–H groups in total. The van der Waals surface area contributed by atoms with E-state index in [1.165, 1.54) is 12.1 Å². The molecule has 0 radical (unpaired) electrons. The van der Waals surface area contributed by atoms with E-state index in [0.29, 0.717) is 24.5 Å². The Morgan fingerprint density at radius 1 is 1.19 bits per heavy atom. The molecule has 1 amide bonds. The van der Waals surface area contributed by atoms with Gasteiger partial charge in [0.1, 0.15) is 17.3 Å². The number of piperidine rings is 1. The van der Waals surface area contributed by atoms with Gasteiger partial charge in [0.05, 0.1) is 30.9 Å². The predicted octanol–water partition coefficient (Wildman–Crippen LogP) is 4.46. The van der Waals surface area contributed by atoms with Gasteiger partial charge in [-0.25, -0.2) is 9.37 Å². The van der Waals surface area contributed by atoms with E-state index in [4.69, 9.17) is 9.47 Å². The van der Waals surface area contributed by atoms with Crippen LogP contribution >= 0.6 is 0 Å². The van der Waals surface area contributed by atoms with Crippen LogP contribution in [0.1, 0.15) is 37.1 Å². The summed E-state index contributed by atoms with van der Waals surface area (Å²) in [5.74, 6) is 0.864. The molecule has 0 spiro atoms. The number of rotatable bonds is 6. The van der Waals surface area contributed by atoms with E-state index < -0.39 is 6.10 Å². The Hall–Kier alpha value is -3.35. The van der Waals surface area contributed by atoms with Gasteiger partial charge in [-0.05, 0) is 56.5 Å². The van der Waals surface area contributed by atoms with Crippen molar-refractivity contribution in [3.63, 3.8) is 0 Å². The van der Waals surface area contributed by atoms with Crippen LogP contribution in [0.3, 0.4) is 0 Å². The molecule has 2 atom stereocenters. The number of methoxy groups -OCH3 is 1. The highest BCUT2D eigenvalue weighted by molar-refractivity contribution is 5.82. The number of hydrogen-bond donors (Lipinski definition) is 0. The zero-order valence-electron chi connectivity index (χ0n) is 17.9. The normalized spacial score (nSPS) is 17.5. The van der Waals surface area contributed by atoms with E-state index in [9.17, 15) is 9.18 Å². The van der Waals surface area contributed by atoms with Crippen molar-refractivity contribution in [3.05, 3.63) is 72.1 Å². The molecule has 1 unspecified atom stereocenters. The highest BCUT2D eigenvalue weighted by atomic mass is 19.1. The third-order valence-electron chi connectivity index (χ3n) is 5.66. The van der Waals surface area contributed by atoms with Gasteiger partial charge in [0.2, 0.25) is 0 Å². The molecule has 2 aromatic carbocycles. The Morgan fingerprint density at radius 2 is 1.97 bits per heavy atom. The Bertz CT molecular complexity index is 1060. The van der Waals surface area contributed by atoms with Gasteiger partial charge in [0, 0.05) is 18.8 Å². The zero-order valence-corrected chi connectivity index (χ0v) is 17.9. The SMILES string of the molecule is COc1cc(OC2CCCN([C@@H](C)c3ccc(F)cc3)C2=O)ccc1-n1cnc(C)c1. The Balaban J connectivity index is 1.51. The highest BCUT2D eigenvalue weighted by Gasteiger charge is 2.33. The minimum atomic E-state index is -0.567. The number of ether oxygens (including phenoxy) is 2. The first-order chi connectivity index (χ1) is 15.0. The number of aryl methyl sites for hydroxylation is 1. The molecule has 0 saturated carbocycles. The fourth-order valence-electron chi connectivity index (χ4n) is 3.94. The number of hydrogen-bond acceptors (Lipinski definition) is 4. The maximum absolute atomic E-state index is 13.3. The van der Waals surface area contributed by atoms with Crippen molar-refractivity contribution in [2.75, 3.05) is 13.7 Å². The van der Waals surface area contributed by atoms with Crippen molar-refractivity contribution >= 4 is 5.91 Å². The molecular formula is C24H26FN3O3. The van der Waals surface area contributed by atoms with E-state index in [1.807, 2.05) is 36.7 Å². The molecule has 1 aliphatic rings. The molecule has 162 valence electrons. The summed E-state index contributed by atoms with van der Waals surface area (Å²) in [7, 11) is 1.60. The fraction of sp³-hybridized carbons (Fsp3) is 0.333. The van der Waals surface area contributed by atoms with Crippen molar-refractivity contribution in [1.29, 1.82) is 0 Å². The van der Waals surface area contributed by atoms with Gasteiger partial charge in [0.25, 0.3) is 5.91 Å². The molecular weight excluding hydrogens is 397 g/mol. The second-order valence-corrected chi connectivity index (χ2v) is 7.76. The number of carbonyl (C=O) groups is 1. The lowest BCUT2D eigenvalue weighted by molar-refractivity contribution is -0.144. The van der Waals surface area contributed by atoms with Crippen LogP contribution in [-0.4, -0.2) is 40.1 Å². The molecule has 1 aliphatic heterocycles. The summed E-state index contributed by atoms with van der Waals surface area (Å²) >= 11 is 0. The lowest BCUT2D eigenvalue weighted by Gasteiger charge is -2.36. The minimum absolute atomic E-state index is 0.0589. The van der Waals surface area contributed by atoms with Crippen molar-refractivity contribution in [2.45, 2.75) is 38.8 Å². The van der Waals surface area contributed by atoms with Crippen LogP contribution in [0.15, 0.2) is 55.0 Å². The monoisotopic (exact) mass is 423 g/mol. The summed E-state index contributed by atoms with van der Waals surface area (Å²) in [6, 6.07) is 11.7. The molecule has 7 heteroatoms. The molecule has 6 nitrogen and oxygen atoms in total. The second kappa shape index (κ2) is 8.79. The number of halogens is 1. The number of amides is 1. The number of benzene rings is 2. The molecule has 1 fully saturated rings. The average molecular weight is 423 g/mol. The van der Waals surface area contributed by atoms with Gasteiger partial charge in [0.15, 0.2) is 6.10 Å². The summed E-state index contributed by atoms with van der Waals surface area (Å²) in [6.07, 6.45) is 4.56. The summed E-state index contributed by atoms with van der Waals surface area (Å²) in [5, 5.41) is 0. The quantitative estimate of drug-likeness (QED) is 0.587. The van der Waals surface area contributed by atoms with Crippen molar-refractivity contribution < 1.29 is 18.7 Å². The molecule has 3 aromatic rings. The molecule has 0 bridgehead atoms. The molecule has 1 saturated heterocycles. The molecule has 4 rings (SSSR count). The number of likely N-dealkylation sites (tertiary alicyclic amines) is 1. The maximum atomic E-state index is 13.3. The Morgan fingerprint density at radius 3 is 2.65 bits per heavy atom. The highest BCUT2D eigenvalue weighted by Crippen LogP contribution is 2.31. The van der Waals surface area contributed by atoms with E-state index in [0.717, 1.165) is 23.4 Å². The van der Waals surface area contributed by atoms with E-state index >= 15 is 0 Å². The lowest BCUT2D eigenvalue weighted by Crippen LogP contribution is -2.47. The van der Waals surface area contributed by atoms with Gasteiger partial charge in [-0.15, -0.1) is 0 Å². The summed E-state index contributed by atoms with van der Waals surface area (Å²) in [4.78, 5) is 19.2. The number of carbonyl (C=O) groups excluding carboxylic acids is 1. The van der Waals surface area contributed by atoms with Crippen LogP contribution in [0.5, 0.6) is 11.5 Å². The van der Waals surface area contributed by atoms with Crippen LogP contribution in [0.2, 0.25) is 0 Å². The van der Waals surface area contributed by atoms with Gasteiger partial charge >= 0.3 is 0 Å². The lowest BCUT2D eigenvalue weighted by atomic mass is 10.0. The number of aromatic nitrogens is 2. The van der Waals surface area contributed by atoms with Crippen LogP contribution in [-0.2, 0) is 4.79 Å². The smallest absolute Gasteiger partial charge is 0.264 e. The Labute approximate surface area is 181 Å². The predicted molar refractivity (Wildman–Crippen MR) is 115 cm³/mol. The van der Waals surface area contributed by atoms with Crippen LogP contribution < -0.4 is 9.47 Å². The van der Waals surface area contributed by atoms with Crippen molar-refractivity contribution in [3.8, 4) is 17.2 Å². The molecule has 1 aromatic heterocycles. The van der Waals surface area contributed by atoms with Gasteiger partial charge in [-0.1, -0.05) is 12.1 Å². The van der Waals surface area contributed by atoms with E-state index in [2.05, 4.69) is 4.98 Å². The summed E-state index contributed by atoms with van der Waals surface area (Å²) in [6.45, 7) is 4.53. The standard InChI is InChI=1S/C24H26FN3O3/c1-16-14-27(15-26-16)21-11-10-20(13-23(21)30-3)31-22-5-4-12-28(24(22)29)17(2)18-6-8-19(25)9-7-18/h6-11,13-15,17,22H,4-5,12H2,1-3H3/t17-,22?/m0/s1. The number of imidazole rings is 1. The van der Waals surface area contributed by atoms with Gasteiger partial charge < -0.3 is 18.9 Å². The topological polar surface area (TPSA) is 56.6 Å². The van der Waals surface area contributed by atoms with Crippen LogP contribution in [0.25, 0.3) is 5.69 Å². The van der Waals surface area contributed by atoms with Gasteiger partial charge in [-0.3, -0.25) is 4.79 Å². The second-order valence-electron chi connectivity index (χ2n) is 7.76. The van der Waals surface area contributed by atoms with Gasteiger partial charge in [-0.2, -0.15) is 0 Å². The average Bonchev–Trinajstić information content (AvgIpc) is 3.21. The summed E-state index contributed by atoms with van der Waals surface area (Å²) < 4.78 is 26.8. The fourth-order valence-corrected chi connectivity index (χ4v) is 3.94. The van der Waals surface area contributed by atoms with E-state index in [-0.39, 0.29) is 17.8 Å². The first-order valence-corrected chi connectivity index (χ1v) is 10.4. The minimum Gasteiger partial charge on any atom is -0.494 e.